The van der Waals surface area contributed by atoms with Gasteiger partial charge in [0.2, 0.25) is 0 Å². The smallest absolute Gasteiger partial charge is 0.0348 e. The molecule has 0 amide bonds. The summed E-state index contributed by atoms with van der Waals surface area (Å²) in [6.45, 7) is 7.44. The summed E-state index contributed by atoms with van der Waals surface area (Å²) in [5.74, 6) is 0. The molecule has 0 N–H and O–H groups in total. The van der Waals surface area contributed by atoms with Gasteiger partial charge in [-0.15, -0.1) is 0 Å². The van der Waals surface area contributed by atoms with Crippen LogP contribution >= 0.6 is 0 Å². The van der Waals surface area contributed by atoms with Crippen LogP contribution in [0.15, 0.2) is 18.2 Å². The topological polar surface area (TPSA) is 0 Å². The molecular weight excluding hydrogens is 204 g/mol. The van der Waals surface area contributed by atoms with E-state index in [0.29, 0.717) is 0 Å². The molecule has 0 rings (SSSR count). The Bertz CT molecular complexity index is 167. The van der Waals surface area contributed by atoms with E-state index in [-0.39, 0.29) is 0 Å². The van der Waals surface area contributed by atoms with E-state index in [1.807, 2.05) is 0 Å². The van der Waals surface area contributed by atoms with Gasteiger partial charge < -0.3 is 0 Å². The van der Waals surface area contributed by atoms with Gasteiger partial charge in [0, 0.05) is 0 Å². The van der Waals surface area contributed by atoms with Gasteiger partial charge in [0.25, 0.3) is 0 Å². The van der Waals surface area contributed by atoms with Crippen molar-refractivity contribution < 1.29 is 0 Å². The summed E-state index contributed by atoms with van der Waals surface area (Å²) in [7, 11) is 0. The van der Waals surface area contributed by atoms with E-state index in [0.717, 1.165) is 6.42 Å². The largest absolute Gasteiger partial charge is 0.0917 e. The fourth-order valence-electron chi connectivity index (χ4n) is 2.11. The lowest BCUT2D eigenvalue weighted by Gasteiger charge is -2.01. The molecule has 0 saturated carbocycles. The van der Waals surface area contributed by atoms with Crippen LogP contribution in [0.3, 0.4) is 0 Å². The molecule has 0 spiro atoms. The van der Waals surface area contributed by atoms with Crippen molar-refractivity contribution in [1.29, 1.82) is 0 Å². The summed E-state index contributed by atoms with van der Waals surface area (Å²) < 4.78 is 0. The molecule has 1 radical (unpaired) electrons. The molecule has 0 heterocycles. The van der Waals surface area contributed by atoms with Crippen LogP contribution in [0.1, 0.15) is 84.0 Å². The van der Waals surface area contributed by atoms with Crippen LogP contribution in [0.2, 0.25) is 0 Å². The van der Waals surface area contributed by atoms with E-state index >= 15 is 0 Å². The molecule has 0 aromatic rings. The zero-order chi connectivity index (χ0) is 12.6. The molecule has 0 aliphatic heterocycles. The van der Waals surface area contributed by atoms with Crippen molar-refractivity contribution in [2.75, 3.05) is 0 Å². The third-order valence-corrected chi connectivity index (χ3v) is 3.23. The molecule has 0 aliphatic carbocycles. The molecule has 0 aromatic heterocycles. The monoisotopic (exact) mass is 235 g/mol. The van der Waals surface area contributed by atoms with Crippen molar-refractivity contribution in [2.45, 2.75) is 84.0 Å². The van der Waals surface area contributed by atoms with Gasteiger partial charge >= 0.3 is 0 Å². The van der Waals surface area contributed by atoms with Gasteiger partial charge in [0.05, 0.1) is 0 Å². The summed E-state index contributed by atoms with van der Waals surface area (Å²) in [5.41, 5.74) is 0. The summed E-state index contributed by atoms with van der Waals surface area (Å²) in [6, 6.07) is 0. The molecule has 0 bridgehead atoms. The van der Waals surface area contributed by atoms with Crippen molar-refractivity contribution in [3.05, 3.63) is 24.8 Å². The Morgan fingerprint density at radius 2 is 1.06 bits per heavy atom. The number of rotatable bonds is 13. The van der Waals surface area contributed by atoms with E-state index in [4.69, 9.17) is 6.58 Å². The van der Waals surface area contributed by atoms with Gasteiger partial charge in [-0.3, -0.25) is 0 Å². The van der Waals surface area contributed by atoms with E-state index in [9.17, 15) is 0 Å². The predicted molar refractivity (Wildman–Crippen MR) is 79.1 cm³/mol. The standard InChI is InChI=1S/C17H31/c1-3-5-7-9-11-13-15-17-16-14-12-10-8-6-4-2/h1,3-4,6H,5,7-17H2,2H3/b3-1?,6-4+. The molecule has 0 aliphatic rings. The minimum Gasteiger partial charge on any atom is -0.0917 e. The lowest BCUT2D eigenvalue weighted by atomic mass is 10.1. The Morgan fingerprint density at radius 3 is 1.47 bits per heavy atom. The zero-order valence-electron chi connectivity index (χ0n) is 11.8. The number of hydrogen-bond donors (Lipinski definition) is 0. The normalized spacial score (nSPS) is 11.1. The van der Waals surface area contributed by atoms with Crippen LogP contribution < -0.4 is 0 Å². The van der Waals surface area contributed by atoms with E-state index in [1.165, 1.54) is 70.6 Å². The maximum atomic E-state index is 5.34. The highest BCUT2D eigenvalue weighted by atomic mass is 14.0. The summed E-state index contributed by atoms with van der Waals surface area (Å²) in [6.07, 6.45) is 22.6. The van der Waals surface area contributed by atoms with Crippen LogP contribution in [-0.4, -0.2) is 0 Å². The Labute approximate surface area is 109 Å². The fraction of sp³-hybridized carbons (Fsp3) is 0.765. The third kappa shape index (κ3) is 15.5. The molecule has 0 atom stereocenters. The minimum atomic E-state index is 1.09. The predicted octanol–water partition coefficient (Wildman–Crippen LogP) is 6.23. The second-order valence-electron chi connectivity index (χ2n) is 4.92. The molecule has 0 heteroatoms. The SMILES string of the molecule is [CH]=CCCCCCCCCCCCC/C=C/C. The Balaban J connectivity index is 2.91. The molecule has 0 unspecified atom stereocenters. The van der Waals surface area contributed by atoms with Crippen LogP contribution in [-0.2, 0) is 0 Å². The first kappa shape index (κ1) is 16.5. The molecule has 0 nitrogen and oxygen atoms in total. The fourth-order valence-corrected chi connectivity index (χ4v) is 2.11. The van der Waals surface area contributed by atoms with Crippen molar-refractivity contribution in [3.8, 4) is 0 Å². The molecule has 0 aromatic carbocycles. The second kappa shape index (κ2) is 15.5. The summed E-state index contributed by atoms with van der Waals surface area (Å²) in [4.78, 5) is 0. The lowest BCUT2D eigenvalue weighted by molar-refractivity contribution is 0.553. The zero-order valence-corrected chi connectivity index (χ0v) is 11.8. The van der Waals surface area contributed by atoms with Gasteiger partial charge in [0.15, 0.2) is 0 Å². The summed E-state index contributed by atoms with van der Waals surface area (Å²) >= 11 is 0. The van der Waals surface area contributed by atoms with Crippen LogP contribution in [0.25, 0.3) is 0 Å². The maximum absolute atomic E-state index is 5.34. The Morgan fingerprint density at radius 1 is 0.647 bits per heavy atom. The number of hydrogen-bond acceptors (Lipinski definition) is 0. The van der Waals surface area contributed by atoms with Gasteiger partial charge in [-0.1, -0.05) is 76.2 Å². The molecular formula is C17H31. The van der Waals surface area contributed by atoms with Gasteiger partial charge in [-0.2, -0.15) is 0 Å². The van der Waals surface area contributed by atoms with Crippen molar-refractivity contribution in [2.24, 2.45) is 0 Å². The third-order valence-electron chi connectivity index (χ3n) is 3.23. The quantitative estimate of drug-likeness (QED) is 0.262. The van der Waals surface area contributed by atoms with Gasteiger partial charge in [-0.25, -0.2) is 0 Å². The average Bonchev–Trinajstić information content (AvgIpc) is 2.35. The molecule has 0 fully saturated rings. The molecule has 0 saturated heterocycles. The average molecular weight is 235 g/mol. The van der Waals surface area contributed by atoms with E-state index < -0.39 is 0 Å². The molecule has 17 heavy (non-hydrogen) atoms. The van der Waals surface area contributed by atoms with Gasteiger partial charge in [-0.05, 0) is 32.6 Å². The van der Waals surface area contributed by atoms with Crippen molar-refractivity contribution in [3.63, 3.8) is 0 Å². The highest BCUT2D eigenvalue weighted by Crippen LogP contribution is 2.12. The molecule has 99 valence electrons. The van der Waals surface area contributed by atoms with E-state index in [1.54, 1.807) is 6.08 Å². The minimum absolute atomic E-state index is 1.09. The number of allylic oxidation sites excluding steroid dienone is 3. The maximum Gasteiger partial charge on any atom is -0.0348 e. The highest BCUT2D eigenvalue weighted by molar-refractivity contribution is 4.76. The lowest BCUT2D eigenvalue weighted by Crippen LogP contribution is -1.82. The Hall–Kier alpha value is -0.520. The van der Waals surface area contributed by atoms with Crippen LogP contribution in [0.4, 0.5) is 0 Å². The van der Waals surface area contributed by atoms with Crippen molar-refractivity contribution in [1.82, 2.24) is 0 Å². The first-order chi connectivity index (χ1) is 8.41. The Kier molecular flexibility index (Phi) is 15.0. The van der Waals surface area contributed by atoms with Gasteiger partial charge in [0.1, 0.15) is 0 Å². The van der Waals surface area contributed by atoms with E-state index in [2.05, 4.69) is 19.1 Å². The van der Waals surface area contributed by atoms with Crippen molar-refractivity contribution >= 4 is 0 Å². The summed E-state index contributed by atoms with van der Waals surface area (Å²) in [5, 5.41) is 0. The van der Waals surface area contributed by atoms with Crippen LogP contribution in [0.5, 0.6) is 0 Å². The highest BCUT2D eigenvalue weighted by Gasteiger charge is 1.92. The van der Waals surface area contributed by atoms with Crippen LogP contribution in [0, 0.1) is 6.58 Å². The first-order valence-corrected chi connectivity index (χ1v) is 7.56. The second-order valence-corrected chi connectivity index (χ2v) is 4.92. The number of unbranched alkanes of at least 4 members (excludes halogenated alkanes) is 11. The first-order valence-electron chi connectivity index (χ1n) is 7.56.